The number of carbonyl (C=O) groups is 1. The number of ether oxygens (including phenoxy) is 1. The van der Waals surface area contributed by atoms with Crippen LogP contribution in [0.5, 0.6) is 0 Å². The van der Waals surface area contributed by atoms with Crippen molar-refractivity contribution in [2.45, 2.75) is 44.2 Å². The van der Waals surface area contributed by atoms with E-state index in [1.807, 2.05) is 36.4 Å². The zero-order chi connectivity index (χ0) is 26.9. The molecule has 0 bridgehead atoms. The fourth-order valence-corrected chi connectivity index (χ4v) is 6.77. The topological polar surface area (TPSA) is 79.8 Å². The molecule has 9 heteroatoms. The number of hydrogen-bond acceptors (Lipinski definition) is 6. The second-order valence-corrected chi connectivity index (χ2v) is 12.8. The van der Waals surface area contributed by atoms with Crippen LogP contribution in [0.25, 0.3) is 10.2 Å². The quantitative estimate of drug-likeness (QED) is 0.288. The highest BCUT2D eigenvalue weighted by atomic mass is 32.2. The highest BCUT2D eigenvalue weighted by Gasteiger charge is 2.28. The van der Waals surface area contributed by atoms with Crippen LogP contribution in [0.4, 0.5) is 5.13 Å². The number of amides is 1. The van der Waals surface area contributed by atoms with Gasteiger partial charge in [0.1, 0.15) is 0 Å². The number of carbonyl (C=O) groups excluding carboxylic acids is 1. The number of hydrogen-bond donors (Lipinski definition) is 0. The maximum atomic E-state index is 13.8. The van der Waals surface area contributed by atoms with Crippen molar-refractivity contribution in [1.29, 1.82) is 0 Å². The van der Waals surface area contributed by atoms with Gasteiger partial charge in [-0.25, -0.2) is 13.4 Å². The van der Waals surface area contributed by atoms with Crippen molar-refractivity contribution < 1.29 is 17.9 Å². The predicted octanol–water partition coefficient (Wildman–Crippen LogP) is 5.56. The fourth-order valence-electron chi connectivity index (χ4n) is 4.55. The number of benzene rings is 3. The number of aromatic nitrogens is 1. The van der Waals surface area contributed by atoms with E-state index in [9.17, 15) is 13.2 Å². The number of anilines is 1. The minimum absolute atomic E-state index is 0.0549. The maximum absolute atomic E-state index is 13.8. The highest BCUT2D eigenvalue weighted by Crippen LogP contribution is 2.32. The molecule has 7 nitrogen and oxygen atoms in total. The summed E-state index contributed by atoms with van der Waals surface area (Å²) in [7, 11) is -2.16. The summed E-state index contributed by atoms with van der Waals surface area (Å²) in [5.41, 5.74) is 4.50. The summed E-state index contributed by atoms with van der Waals surface area (Å²) in [6.45, 7) is 5.46. The summed E-state index contributed by atoms with van der Waals surface area (Å²) in [6, 6.07) is 19.7. The number of nitrogens with zero attached hydrogens (tertiary/aromatic N) is 3. The van der Waals surface area contributed by atoms with Crippen molar-refractivity contribution in [3.05, 3.63) is 89.0 Å². The number of aryl methyl sites for hydroxylation is 2. The molecule has 4 aromatic rings. The Bertz CT molecular complexity index is 1510. The molecule has 1 amide bonds. The van der Waals surface area contributed by atoms with E-state index in [-0.39, 0.29) is 23.5 Å². The van der Waals surface area contributed by atoms with Gasteiger partial charge in [-0.15, -0.1) is 0 Å². The molecule has 3 aromatic carbocycles. The van der Waals surface area contributed by atoms with Gasteiger partial charge >= 0.3 is 0 Å². The van der Waals surface area contributed by atoms with E-state index in [1.165, 1.54) is 33.3 Å². The zero-order valence-corrected chi connectivity index (χ0v) is 23.4. The molecule has 0 saturated carbocycles. The second kappa shape index (κ2) is 10.9. The van der Waals surface area contributed by atoms with Gasteiger partial charge in [0.2, 0.25) is 10.0 Å². The molecule has 1 aliphatic rings. The number of sulfonamides is 1. The smallest absolute Gasteiger partial charge is 0.260 e. The van der Waals surface area contributed by atoms with Gasteiger partial charge in [-0.1, -0.05) is 41.7 Å². The Labute approximate surface area is 227 Å². The van der Waals surface area contributed by atoms with E-state index < -0.39 is 10.0 Å². The van der Waals surface area contributed by atoms with Crippen LogP contribution in [0.15, 0.2) is 71.6 Å². The lowest BCUT2D eigenvalue weighted by Crippen LogP contribution is -2.37. The van der Waals surface area contributed by atoms with Gasteiger partial charge in [0.15, 0.2) is 5.13 Å². The Balaban J connectivity index is 1.41. The van der Waals surface area contributed by atoms with Crippen molar-refractivity contribution in [2.75, 3.05) is 25.1 Å². The Hall–Kier alpha value is -3.11. The molecule has 1 unspecified atom stereocenters. The largest absolute Gasteiger partial charge is 0.376 e. The zero-order valence-electron chi connectivity index (χ0n) is 21.8. The molecule has 1 aromatic heterocycles. The van der Waals surface area contributed by atoms with E-state index in [0.29, 0.717) is 23.8 Å². The van der Waals surface area contributed by atoms with Gasteiger partial charge in [0.25, 0.3) is 5.91 Å². The van der Waals surface area contributed by atoms with Crippen LogP contribution in [-0.2, 0) is 21.3 Å². The summed E-state index contributed by atoms with van der Waals surface area (Å²) in [5, 5.41) is 0.616. The van der Waals surface area contributed by atoms with Gasteiger partial charge in [0.05, 0.1) is 27.8 Å². The Morgan fingerprint density at radius 2 is 1.76 bits per heavy atom. The first-order valence-electron chi connectivity index (χ1n) is 12.6. The molecular weight excluding hydrogens is 518 g/mol. The normalized spacial score (nSPS) is 15.8. The number of fused-ring (bicyclic) bond motifs is 1. The van der Waals surface area contributed by atoms with E-state index in [0.717, 1.165) is 34.2 Å². The fraction of sp³-hybridized carbons (Fsp3) is 0.310. The van der Waals surface area contributed by atoms with Crippen molar-refractivity contribution in [3.63, 3.8) is 0 Å². The Kier molecular flexibility index (Phi) is 7.63. The van der Waals surface area contributed by atoms with Crippen LogP contribution >= 0.6 is 11.3 Å². The van der Waals surface area contributed by atoms with E-state index in [1.54, 1.807) is 24.1 Å². The standard InChI is InChI=1S/C29H31N3O4S2/c1-20-16-26-27(17-21(20)2)37-29(30-26)32(19-24-10-7-15-36-24)28(33)23-11-13-25(14-12-23)38(34,35)31(3)18-22-8-5-4-6-9-22/h4-6,8-9,11-14,16-17,24H,7,10,15,18-19H2,1-3H3. The first-order valence-corrected chi connectivity index (χ1v) is 14.9. The third kappa shape index (κ3) is 5.51. The van der Waals surface area contributed by atoms with Crippen LogP contribution in [-0.4, -0.2) is 49.9 Å². The third-order valence-corrected chi connectivity index (χ3v) is 9.80. The highest BCUT2D eigenvalue weighted by molar-refractivity contribution is 7.89. The van der Waals surface area contributed by atoms with Crippen LogP contribution in [0, 0.1) is 13.8 Å². The summed E-state index contributed by atoms with van der Waals surface area (Å²) < 4.78 is 34.5. The van der Waals surface area contributed by atoms with Gasteiger partial charge < -0.3 is 4.74 Å². The van der Waals surface area contributed by atoms with Crippen molar-refractivity contribution >= 4 is 42.6 Å². The van der Waals surface area contributed by atoms with Crippen molar-refractivity contribution in [1.82, 2.24) is 9.29 Å². The average molecular weight is 550 g/mol. The van der Waals surface area contributed by atoms with E-state index in [4.69, 9.17) is 9.72 Å². The molecule has 1 atom stereocenters. The lowest BCUT2D eigenvalue weighted by molar-refractivity contribution is 0.0917. The molecule has 5 rings (SSSR count). The lowest BCUT2D eigenvalue weighted by atomic mass is 10.1. The molecule has 1 aliphatic heterocycles. The summed E-state index contributed by atoms with van der Waals surface area (Å²) in [5.74, 6) is -0.227. The van der Waals surface area contributed by atoms with Crippen molar-refractivity contribution in [3.8, 4) is 0 Å². The first kappa shape index (κ1) is 26.5. The van der Waals surface area contributed by atoms with Gasteiger partial charge in [-0.2, -0.15) is 4.31 Å². The van der Waals surface area contributed by atoms with E-state index >= 15 is 0 Å². The molecule has 1 saturated heterocycles. The van der Waals surface area contributed by atoms with Gasteiger partial charge in [-0.05, 0) is 79.8 Å². The molecule has 1 fully saturated rings. The maximum Gasteiger partial charge on any atom is 0.260 e. The van der Waals surface area contributed by atoms with E-state index in [2.05, 4.69) is 19.9 Å². The lowest BCUT2D eigenvalue weighted by Gasteiger charge is -2.23. The summed E-state index contributed by atoms with van der Waals surface area (Å²) in [4.78, 5) is 20.4. The number of rotatable bonds is 8. The van der Waals surface area contributed by atoms with Crippen LogP contribution in [0.1, 0.15) is 39.9 Å². The number of thiazole rings is 1. The predicted molar refractivity (Wildman–Crippen MR) is 151 cm³/mol. The average Bonchev–Trinajstić information content (AvgIpc) is 3.57. The second-order valence-electron chi connectivity index (χ2n) is 9.72. The van der Waals surface area contributed by atoms with Crippen LogP contribution < -0.4 is 4.90 Å². The minimum atomic E-state index is -3.72. The van der Waals surface area contributed by atoms with Crippen molar-refractivity contribution in [2.24, 2.45) is 0 Å². The van der Waals surface area contributed by atoms with Crippen LogP contribution in [0.3, 0.4) is 0 Å². The Morgan fingerprint density at radius 3 is 2.45 bits per heavy atom. The molecule has 2 heterocycles. The van der Waals surface area contributed by atoms with Gasteiger partial charge in [0, 0.05) is 25.8 Å². The molecule has 198 valence electrons. The van der Waals surface area contributed by atoms with Crippen LogP contribution in [0.2, 0.25) is 0 Å². The molecule has 38 heavy (non-hydrogen) atoms. The van der Waals surface area contributed by atoms with Gasteiger partial charge in [-0.3, -0.25) is 9.69 Å². The minimum Gasteiger partial charge on any atom is -0.376 e. The Morgan fingerprint density at radius 1 is 1.05 bits per heavy atom. The molecule has 0 radical (unpaired) electrons. The molecule has 0 spiro atoms. The molecular formula is C29H31N3O4S2. The molecule has 0 N–H and O–H groups in total. The molecule has 0 aliphatic carbocycles. The summed E-state index contributed by atoms with van der Waals surface area (Å²) in [6.07, 6.45) is 1.80. The first-order chi connectivity index (χ1) is 18.2. The SMILES string of the molecule is Cc1cc2nc(N(CC3CCCO3)C(=O)c3ccc(S(=O)(=O)N(C)Cc4ccccc4)cc3)sc2cc1C. The summed E-state index contributed by atoms with van der Waals surface area (Å²) >= 11 is 1.48. The third-order valence-electron chi connectivity index (χ3n) is 6.94. The monoisotopic (exact) mass is 549 g/mol.